The number of piperidine rings is 1. The van der Waals surface area contributed by atoms with Crippen molar-refractivity contribution in [2.45, 2.75) is 39.2 Å². The monoisotopic (exact) mass is 264 g/mol. The van der Waals surface area contributed by atoms with Gasteiger partial charge in [-0.2, -0.15) is 4.98 Å². The van der Waals surface area contributed by atoms with Gasteiger partial charge in [0.05, 0.1) is 6.61 Å². The summed E-state index contributed by atoms with van der Waals surface area (Å²) in [5.74, 6) is 1.46. The maximum atomic E-state index is 5.47. The summed E-state index contributed by atoms with van der Waals surface area (Å²) in [6.45, 7) is 7.92. The molecule has 5 heteroatoms. The summed E-state index contributed by atoms with van der Waals surface area (Å²) in [4.78, 5) is 11.3. The van der Waals surface area contributed by atoms with E-state index in [4.69, 9.17) is 4.74 Å². The number of hydrogen-bond acceptors (Lipinski definition) is 5. The van der Waals surface area contributed by atoms with Gasteiger partial charge < -0.3 is 15.0 Å². The molecule has 1 unspecified atom stereocenters. The second kappa shape index (κ2) is 7.28. The molecule has 1 fully saturated rings. The Morgan fingerprint density at radius 2 is 2.37 bits per heavy atom. The van der Waals surface area contributed by atoms with Crippen LogP contribution in [-0.2, 0) is 0 Å². The van der Waals surface area contributed by atoms with Gasteiger partial charge in [-0.3, -0.25) is 0 Å². The van der Waals surface area contributed by atoms with Crippen molar-refractivity contribution < 1.29 is 4.74 Å². The van der Waals surface area contributed by atoms with Crippen molar-refractivity contribution in [3.63, 3.8) is 0 Å². The first-order valence-corrected chi connectivity index (χ1v) is 7.28. The molecule has 2 rings (SSSR count). The number of ether oxygens (including phenoxy) is 1. The second-order valence-electron chi connectivity index (χ2n) is 4.82. The lowest BCUT2D eigenvalue weighted by molar-refractivity contribution is 0.325. The first-order chi connectivity index (χ1) is 9.35. The minimum atomic E-state index is 0.491. The summed E-state index contributed by atoms with van der Waals surface area (Å²) >= 11 is 0. The molecule has 0 aromatic carbocycles. The third-order valence-corrected chi connectivity index (χ3v) is 3.34. The van der Waals surface area contributed by atoms with Gasteiger partial charge in [0.1, 0.15) is 0 Å². The molecular weight excluding hydrogens is 240 g/mol. The van der Waals surface area contributed by atoms with Crippen molar-refractivity contribution >= 4 is 5.95 Å². The molecule has 1 atom stereocenters. The predicted molar refractivity (Wildman–Crippen MR) is 76.7 cm³/mol. The smallest absolute Gasteiger partial charge is 0.228 e. The number of aromatic nitrogens is 2. The number of hydrogen-bond donors (Lipinski definition) is 1. The fourth-order valence-electron chi connectivity index (χ4n) is 2.49. The second-order valence-corrected chi connectivity index (χ2v) is 4.82. The van der Waals surface area contributed by atoms with Crippen LogP contribution in [0.3, 0.4) is 0 Å². The molecule has 1 aromatic rings. The molecule has 1 N–H and O–H groups in total. The standard InChI is InChI=1S/C14H24N4O/c1-3-10-18(12-6-5-8-15-11-12)14-16-9-7-13(17-14)19-4-2/h7,9,12,15H,3-6,8,10-11H2,1-2H3. The molecule has 0 radical (unpaired) electrons. The summed E-state index contributed by atoms with van der Waals surface area (Å²) in [6, 6.07) is 2.31. The Bertz CT molecular complexity index is 379. The third-order valence-electron chi connectivity index (χ3n) is 3.34. The Kier molecular flexibility index (Phi) is 5.39. The van der Waals surface area contributed by atoms with E-state index in [2.05, 4.69) is 27.1 Å². The van der Waals surface area contributed by atoms with E-state index in [1.165, 1.54) is 12.8 Å². The van der Waals surface area contributed by atoms with Gasteiger partial charge in [-0.25, -0.2) is 4.98 Å². The van der Waals surface area contributed by atoms with Crippen molar-refractivity contribution in [1.82, 2.24) is 15.3 Å². The van der Waals surface area contributed by atoms with E-state index in [0.717, 1.165) is 32.0 Å². The van der Waals surface area contributed by atoms with E-state index in [1.807, 2.05) is 13.0 Å². The van der Waals surface area contributed by atoms with Crippen LogP contribution < -0.4 is 15.0 Å². The molecule has 106 valence electrons. The maximum Gasteiger partial charge on any atom is 0.228 e. The number of anilines is 1. The van der Waals surface area contributed by atoms with E-state index in [1.54, 1.807) is 6.20 Å². The normalized spacial score (nSPS) is 19.2. The van der Waals surface area contributed by atoms with Crippen LogP contribution in [0.2, 0.25) is 0 Å². The number of rotatable bonds is 6. The lowest BCUT2D eigenvalue weighted by Crippen LogP contribution is -2.47. The molecule has 1 saturated heterocycles. The molecule has 19 heavy (non-hydrogen) atoms. The number of nitrogens with one attached hydrogen (secondary N) is 1. The Hall–Kier alpha value is -1.36. The van der Waals surface area contributed by atoms with Gasteiger partial charge in [-0.1, -0.05) is 6.92 Å². The summed E-state index contributed by atoms with van der Waals surface area (Å²) in [5, 5.41) is 3.45. The van der Waals surface area contributed by atoms with Gasteiger partial charge in [-0.15, -0.1) is 0 Å². The zero-order chi connectivity index (χ0) is 13.5. The average Bonchev–Trinajstić information content (AvgIpc) is 2.46. The van der Waals surface area contributed by atoms with E-state index >= 15 is 0 Å². The zero-order valence-corrected chi connectivity index (χ0v) is 11.9. The molecule has 0 amide bonds. The highest BCUT2D eigenvalue weighted by Crippen LogP contribution is 2.19. The number of nitrogens with zero attached hydrogens (tertiary/aromatic N) is 3. The van der Waals surface area contributed by atoms with Crippen molar-refractivity contribution in [1.29, 1.82) is 0 Å². The van der Waals surface area contributed by atoms with Crippen molar-refractivity contribution in [3.8, 4) is 5.88 Å². The van der Waals surface area contributed by atoms with Crippen LogP contribution in [0.1, 0.15) is 33.1 Å². The van der Waals surface area contributed by atoms with Gasteiger partial charge in [-0.05, 0) is 32.7 Å². The molecule has 1 aromatic heterocycles. The predicted octanol–water partition coefficient (Wildman–Crippen LogP) is 1.84. The molecular formula is C14H24N4O. The first kappa shape index (κ1) is 14.1. The van der Waals surface area contributed by atoms with E-state index < -0.39 is 0 Å². The lowest BCUT2D eigenvalue weighted by atomic mass is 10.1. The Labute approximate surface area is 115 Å². The SMILES string of the molecule is CCCN(c1nccc(OCC)n1)C1CCCNC1. The summed E-state index contributed by atoms with van der Waals surface area (Å²) < 4.78 is 5.47. The van der Waals surface area contributed by atoms with Crippen LogP contribution in [0.15, 0.2) is 12.3 Å². The van der Waals surface area contributed by atoms with Crippen molar-refractivity contribution in [3.05, 3.63) is 12.3 Å². The first-order valence-electron chi connectivity index (χ1n) is 7.28. The maximum absolute atomic E-state index is 5.47. The van der Waals surface area contributed by atoms with Gasteiger partial charge in [0.25, 0.3) is 0 Å². The molecule has 1 aliphatic heterocycles. The van der Waals surface area contributed by atoms with E-state index in [0.29, 0.717) is 18.5 Å². The minimum Gasteiger partial charge on any atom is -0.478 e. The summed E-state index contributed by atoms with van der Waals surface area (Å²) in [5.41, 5.74) is 0. The fourth-order valence-corrected chi connectivity index (χ4v) is 2.49. The molecule has 0 spiro atoms. The molecule has 0 bridgehead atoms. The molecule has 1 aliphatic rings. The van der Waals surface area contributed by atoms with E-state index in [-0.39, 0.29) is 0 Å². The van der Waals surface area contributed by atoms with Crippen molar-refractivity contribution in [2.24, 2.45) is 0 Å². The molecule has 0 aliphatic carbocycles. The van der Waals surface area contributed by atoms with Gasteiger partial charge in [0.15, 0.2) is 0 Å². The highest BCUT2D eigenvalue weighted by atomic mass is 16.5. The summed E-state index contributed by atoms with van der Waals surface area (Å²) in [6.07, 6.45) is 5.30. The molecule has 2 heterocycles. The Balaban J connectivity index is 2.14. The largest absolute Gasteiger partial charge is 0.478 e. The minimum absolute atomic E-state index is 0.491. The Morgan fingerprint density at radius 1 is 1.47 bits per heavy atom. The van der Waals surface area contributed by atoms with Crippen molar-refractivity contribution in [2.75, 3.05) is 31.1 Å². The summed E-state index contributed by atoms with van der Waals surface area (Å²) in [7, 11) is 0. The van der Waals surface area contributed by atoms with Crippen LogP contribution in [0.25, 0.3) is 0 Å². The lowest BCUT2D eigenvalue weighted by Gasteiger charge is -2.34. The van der Waals surface area contributed by atoms with Crippen LogP contribution >= 0.6 is 0 Å². The zero-order valence-electron chi connectivity index (χ0n) is 11.9. The topological polar surface area (TPSA) is 50.3 Å². The molecule has 5 nitrogen and oxygen atoms in total. The van der Waals surface area contributed by atoms with Gasteiger partial charge in [0, 0.05) is 31.4 Å². The van der Waals surface area contributed by atoms with E-state index in [9.17, 15) is 0 Å². The van der Waals surface area contributed by atoms with Crippen LogP contribution in [0.4, 0.5) is 5.95 Å². The average molecular weight is 264 g/mol. The quantitative estimate of drug-likeness (QED) is 0.849. The van der Waals surface area contributed by atoms with Gasteiger partial charge >= 0.3 is 0 Å². The highest BCUT2D eigenvalue weighted by Gasteiger charge is 2.22. The van der Waals surface area contributed by atoms with Crippen LogP contribution in [0.5, 0.6) is 5.88 Å². The van der Waals surface area contributed by atoms with Crippen LogP contribution in [0, 0.1) is 0 Å². The highest BCUT2D eigenvalue weighted by molar-refractivity contribution is 5.34. The molecule has 0 saturated carbocycles. The Morgan fingerprint density at radius 3 is 3.05 bits per heavy atom. The van der Waals surface area contributed by atoms with Crippen LogP contribution in [-0.4, -0.2) is 42.3 Å². The van der Waals surface area contributed by atoms with Gasteiger partial charge in [0.2, 0.25) is 11.8 Å². The fraction of sp³-hybridized carbons (Fsp3) is 0.714. The third kappa shape index (κ3) is 3.80.